The maximum Gasteiger partial charge on any atom is 0.169 e. The highest BCUT2D eigenvalue weighted by atomic mass is 15.1. The Morgan fingerprint density at radius 3 is 2.30 bits per heavy atom. The summed E-state index contributed by atoms with van der Waals surface area (Å²) >= 11 is 0. The monoisotopic (exact) mass is 272 g/mol. The van der Waals surface area contributed by atoms with Gasteiger partial charge in [0.05, 0.1) is 0 Å². The highest BCUT2D eigenvalue weighted by Crippen LogP contribution is 2.66. The molecule has 20 heavy (non-hydrogen) atoms. The molecule has 1 aromatic heterocycles. The standard InChI is InChI=1S/C16H24N4/c1-14-5-11-6-15(2,8-14)10-16(7-11,9-14)20-13-12(17)18-3-4-19-13/h3-4,11H,5-10H2,1-2H3,(H2,17,18)(H,19,20). The van der Waals surface area contributed by atoms with Crippen LogP contribution >= 0.6 is 0 Å². The first kappa shape index (κ1) is 12.4. The van der Waals surface area contributed by atoms with Crippen molar-refractivity contribution in [2.75, 3.05) is 11.1 Å². The van der Waals surface area contributed by atoms with Gasteiger partial charge in [-0.2, -0.15) is 0 Å². The summed E-state index contributed by atoms with van der Waals surface area (Å²) in [5.41, 5.74) is 7.16. The van der Waals surface area contributed by atoms with Crippen LogP contribution in [0, 0.1) is 16.7 Å². The third-order valence-electron chi connectivity index (χ3n) is 5.74. The number of nitrogens with zero attached hydrogens (tertiary/aromatic N) is 2. The van der Waals surface area contributed by atoms with Crippen LogP contribution in [0.3, 0.4) is 0 Å². The van der Waals surface area contributed by atoms with E-state index in [4.69, 9.17) is 5.73 Å². The molecule has 0 aliphatic heterocycles. The average molecular weight is 272 g/mol. The number of aromatic nitrogens is 2. The molecule has 1 heterocycles. The molecule has 2 unspecified atom stereocenters. The molecule has 4 nitrogen and oxygen atoms in total. The maximum atomic E-state index is 5.98. The van der Waals surface area contributed by atoms with Crippen LogP contribution in [0.25, 0.3) is 0 Å². The quantitative estimate of drug-likeness (QED) is 0.867. The van der Waals surface area contributed by atoms with Crippen LogP contribution in [0.1, 0.15) is 52.4 Å². The molecule has 108 valence electrons. The molecular weight excluding hydrogens is 248 g/mol. The van der Waals surface area contributed by atoms with Gasteiger partial charge in [-0.3, -0.25) is 0 Å². The second-order valence-corrected chi connectivity index (χ2v) is 8.33. The van der Waals surface area contributed by atoms with Crippen LogP contribution in [0.5, 0.6) is 0 Å². The average Bonchev–Trinajstić information content (AvgIpc) is 2.27. The molecule has 1 aromatic rings. The zero-order valence-corrected chi connectivity index (χ0v) is 12.4. The van der Waals surface area contributed by atoms with Crippen molar-refractivity contribution in [2.45, 2.75) is 57.9 Å². The molecule has 4 saturated carbocycles. The first-order valence-electron chi connectivity index (χ1n) is 7.74. The summed E-state index contributed by atoms with van der Waals surface area (Å²) in [6.07, 6.45) is 11.4. The van der Waals surface area contributed by atoms with Gasteiger partial charge in [0.15, 0.2) is 11.6 Å². The summed E-state index contributed by atoms with van der Waals surface area (Å²) in [6.45, 7) is 4.96. The number of nitrogens with two attached hydrogens (primary N) is 1. The van der Waals surface area contributed by atoms with Crippen LogP contribution in [0.2, 0.25) is 0 Å². The molecule has 0 amide bonds. The lowest BCUT2D eigenvalue weighted by Gasteiger charge is -2.65. The lowest BCUT2D eigenvalue weighted by Crippen LogP contribution is -2.61. The SMILES string of the molecule is CC12CC3CC(C)(C1)CC(Nc1nccnc1N)(C3)C2. The molecule has 0 saturated heterocycles. The lowest BCUT2D eigenvalue weighted by molar-refractivity contribution is -0.0973. The van der Waals surface area contributed by atoms with Crippen molar-refractivity contribution < 1.29 is 0 Å². The molecule has 4 heteroatoms. The van der Waals surface area contributed by atoms with Crippen LogP contribution in [0.15, 0.2) is 12.4 Å². The summed E-state index contributed by atoms with van der Waals surface area (Å²) in [6, 6.07) is 0. The fourth-order valence-electron chi connectivity index (χ4n) is 6.28. The molecule has 4 bridgehead atoms. The van der Waals surface area contributed by atoms with Crippen molar-refractivity contribution in [3.05, 3.63) is 12.4 Å². The van der Waals surface area contributed by atoms with Crippen molar-refractivity contribution in [1.82, 2.24) is 9.97 Å². The Balaban J connectivity index is 1.69. The first-order valence-corrected chi connectivity index (χ1v) is 7.74. The number of nitrogen functional groups attached to an aromatic ring is 1. The fraction of sp³-hybridized carbons (Fsp3) is 0.750. The summed E-state index contributed by atoms with van der Waals surface area (Å²) in [4.78, 5) is 8.57. The Kier molecular flexibility index (Phi) is 2.27. The van der Waals surface area contributed by atoms with Gasteiger partial charge in [0.1, 0.15) is 0 Å². The maximum absolute atomic E-state index is 5.98. The van der Waals surface area contributed by atoms with E-state index in [9.17, 15) is 0 Å². The van der Waals surface area contributed by atoms with E-state index in [1.165, 1.54) is 38.5 Å². The van der Waals surface area contributed by atoms with Gasteiger partial charge in [-0.05, 0) is 55.3 Å². The van der Waals surface area contributed by atoms with E-state index in [0.717, 1.165) is 11.7 Å². The van der Waals surface area contributed by atoms with Crippen LogP contribution in [-0.2, 0) is 0 Å². The smallest absolute Gasteiger partial charge is 0.169 e. The molecular formula is C16H24N4. The second-order valence-electron chi connectivity index (χ2n) is 8.33. The number of anilines is 2. The van der Waals surface area contributed by atoms with E-state index in [1.54, 1.807) is 12.4 Å². The summed E-state index contributed by atoms with van der Waals surface area (Å²) in [7, 11) is 0. The van der Waals surface area contributed by atoms with E-state index >= 15 is 0 Å². The first-order chi connectivity index (χ1) is 9.40. The van der Waals surface area contributed by atoms with Crippen molar-refractivity contribution in [1.29, 1.82) is 0 Å². The van der Waals surface area contributed by atoms with Gasteiger partial charge in [-0.15, -0.1) is 0 Å². The molecule has 0 aromatic carbocycles. The van der Waals surface area contributed by atoms with Gasteiger partial charge in [-0.25, -0.2) is 9.97 Å². The zero-order valence-electron chi connectivity index (χ0n) is 12.4. The Morgan fingerprint density at radius 2 is 1.70 bits per heavy atom. The summed E-state index contributed by atoms with van der Waals surface area (Å²) in [5, 5.41) is 3.71. The van der Waals surface area contributed by atoms with Gasteiger partial charge >= 0.3 is 0 Å². The summed E-state index contributed by atoms with van der Waals surface area (Å²) in [5.74, 6) is 2.17. The molecule has 4 aliphatic rings. The molecule has 2 atom stereocenters. The third kappa shape index (κ3) is 1.80. The van der Waals surface area contributed by atoms with E-state index < -0.39 is 0 Å². The molecule has 4 fully saturated rings. The van der Waals surface area contributed by atoms with Gasteiger partial charge in [-0.1, -0.05) is 13.8 Å². The fourth-order valence-corrected chi connectivity index (χ4v) is 6.28. The predicted molar refractivity (Wildman–Crippen MR) is 80.2 cm³/mol. The highest BCUT2D eigenvalue weighted by Gasteiger charge is 2.60. The molecule has 4 aliphatic carbocycles. The highest BCUT2D eigenvalue weighted by molar-refractivity contribution is 5.57. The van der Waals surface area contributed by atoms with E-state index in [0.29, 0.717) is 16.6 Å². The number of rotatable bonds is 2. The minimum absolute atomic E-state index is 0.188. The Hall–Kier alpha value is -1.32. The Bertz CT molecular complexity index is 537. The van der Waals surface area contributed by atoms with Crippen LogP contribution in [0.4, 0.5) is 11.6 Å². The van der Waals surface area contributed by atoms with Crippen LogP contribution < -0.4 is 11.1 Å². The van der Waals surface area contributed by atoms with Crippen molar-refractivity contribution in [2.24, 2.45) is 16.7 Å². The van der Waals surface area contributed by atoms with E-state index in [2.05, 4.69) is 29.1 Å². The van der Waals surface area contributed by atoms with Gasteiger partial charge < -0.3 is 11.1 Å². The van der Waals surface area contributed by atoms with E-state index in [-0.39, 0.29) is 5.54 Å². The molecule has 5 rings (SSSR count). The normalized spacial score (nSPS) is 45.6. The van der Waals surface area contributed by atoms with Gasteiger partial charge in [0.2, 0.25) is 0 Å². The minimum Gasteiger partial charge on any atom is -0.381 e. The minimum atomic E-state index is 0.188. The number of hydrogen-bond donors (Lipinski definition) is 2. The second kappa shape index (κ2) is 3.66. The Morgan fingerprint density at radius 1 is 1.05 bits per heavy atom. The summed E-state index contributed by atoms with van der Waals surface area (Å²) < 4.78 is 0. The van der Waals surface area contributed by atoms with E-state index in [1.807, 2.05) is 0 Å². The van der Waals surface area contributed by atoms with Crippen molar-refractivity contribution in [3.63, 3.8) is 0 Å². The zero-order chi connectivity index (χ0) is 14.0. The topological polar surface area (TPSA) is 63.8 Å². The molecule has 0 radical (unpaired) electrons. The number of nitrogens with one attached hydrogen (secondary N) is 1. The Labute approximate surface area is 120 Å². The van der Waals surface area contributed by atoms with Crippen molar-refractivity contribution >= 4 is 11.6 Å². The van der Waals surface area contributed by atoms with Gasteiger partial charge in [0, 0.05) is 17.9 Å². The van der Waals surface area contributed by atoms with Crippen molar-refractivity contribution in [3.8, 4) is 0 Å². The molecule has 3 N–H and O–H groups in total. The lowest BCUT2D eigenvalue weighted by atomic mass is 9.43. The van der Waals surface area contributed by atoms with Gasteiger partial charge in [0.25, 0.3) is 0 Å². The largest absolute Gasteiger partial charge is 0.381 e. The number of hydrogen-bond acceptors (Lipinski definition) is 4. The molecule has 0 spiro atoms. The predicted octanol–water partition coefficient (Wildman–Crippen LogP) is 3.22. The third-order valence-corrected chi connectivity index (χ3v) is 5.74. The van der Waals surface area contributed by atoms with Crippen LogP contribution in [-0.4, -0.2) is 15.5 Å².